The summed E-state index contributed by atoms with van der Waals surface area (Å²) < 4.78 is 5.04. The van der Waals surface area contributed by atoms with Crippen molar-refractivity contribution in [1.82, 2.24) is 15.5 Å². The number of hydrogen-bond acceptors (Lipinski definition) is 5. The van der Waals surface area contributed by atoms with E-state index in [-0.39, 0.29) is 0 Å². The zero-order valence-corrected chi connectivity index (χ0v) is 10.7. The van der Waals surface area contributed by atoms with Gasteiger partial charge in [-0.3, -0.25) is 4.99 Å². The number of aryl methyl sites for hydroxylation is 1. The highest BCUT2D eigenvalue weighted by molar-refractivity contribution is 8.13. The van der Waals surface area contributed by atoms with Crippen LogP contribution in [0, 0.1) is 12.8 Å². The van der Waals surface area contributed by atoms with Gasteiger partial charge in [-0.1, -0.05) is 23.3 Å². The molecule has 17 heavy (non-hydrogen) atoms. The second-order valence-electron chi connectivity index (χ2n) is 4.61. The van der Waals surface area contributed by atoms with Crippen LogP contribution in [-0.4, -0.2) is 27.1 Å². The van der Waals surface area contributed by atoms with Crippen LogP contribution in [0.5, 0.6) is 0 Å². The quantitative estimate of drug-likeness (QED) is 0.868. The molecule has 1 aliphatic carbocycles. The second kappa shape index (κ2) is 4.68. The third-order valence-corrected chi connectivity index (χ3v) is 4.44. The molecule has 1 aromatic rings. The van der Waals surface area contributed by atoms with E-state index in [0.29, 0.717) is 24.3 Å². The van der Waals surface area contributed by atoms with Gasteiger partial charge in [-0.2, -0.15) is 4.98 Å². The van der Waals surface area contributed by atoms with E-state index in [1.54, 1.807) is 0 Å². The Morgan fingerprint density at radius 3 is 3.29 bits per heavy atom. The fraction of sp³-hybridized carbons (Fsp3) is 0.727. The minimum atomic E-state index is 0.480. The molecule has 1 saturated carbocycles. The Bertz CT molecular complexity index is 431. The van der Waals surface area contributed by atoms with Crippen LogP contribution in [0.25, 0.3) is 0 Å². The van der Waals surface area contributed by atoms with Gasteiger partial charge in [-0.15, -0.1) is 0 Å². The molecule has 1 saturated heterocycles. The molecule has 6 heteroatoms. The van der Waals surface area contributed by atoms with Crippen LogP contribution in [0.15, 0.2) is 9.52 Å². The molecule has 0 spiro atoms. The van der Waals surface area contributed by atoms with Crippen molar-refractivity contribution in [3.05, 3.63) is 11.7 Å². The summed E-state index contributed by atoms with van der Waals surface area (Å²) in [5.41, 5.74) is 0. The Morgan fingerprint density at radius 2 is 2.47 bits per heavy atom. The lowest BCUT2D eigenvalue weighted by molar-refractivity contribution is 0.376. The SMILES string of the molecule is Cc1noc(CN=C2NC3CCCC3CS2)n1. The van der Waals surface area contributed by atoms with Crippen molar-refractivity contribution in [3.63, 3.8) is 0 Å². The number of aromatic nitrogens is 2. The summed E-state index contributed by atoms with van der Waals surface area (Å²) in [6.07, 6.45) is 3.99. The van der Waals surface area contributed by atoms with Crippen molar-refractivity contribution in [2.24, 2.45) is 10.9 Å². The van der Waals surface area contributed by atoms with Gasteiger partial charge in [0.25, 0.3) is 0 Å². The van der Waals surface area contributed by atoms with Gasteiger partial charge in [0.05, 0.1) is 0 Å². The normalized spacial score (nSPS) is 30.3. The lowest BCUT2D eigenvalue weighted by atomic mass is 10.1. The van der Waals surface area contributed by atoms with Crippen LogP contribution >= 0.6 is 11.8 Å². The van der Waals surface area contributed by atoms with Crippen LogP contribution < -0.4 is 5.32 Å². The molecule has 0 radical (unpaired) electrons. The van der Waals surface area contributed by atoms with Crippen molar-refractivity contribution in [1.29, 1.82) is 0 Å². The average molecular weight is 252 g/mol. The molecule has 1 N–H and O–H groups in total. The van der Waals surface area contributed by atoms with Crippen LogP contribution in [0.4, 0.5) is 0 Å². The molecule has 2 unspecified atom stereocenters. The molecule has 1 aromatic heterocycles. The summed E-state index contributed by atoms with van der Waals surface area (Å²) in [7, 11) is 0. The summed E-state index contributed by atoms with van der Waals surface area (Å²) in [6, 6.07) is 0.638. The number of hydrogen-bond donors (Lipinski definition) is 1. The first kappa shape index (κ1) is 11.1. The molecule has 2 heterocycles. The minimum Gasteiger partial charge on any atom is -0.362 e. The van der Waals surface area contributed by atoms with E-state index >= 15 is 0 Å². The Morgan fingerprint density at radius 1 is 1.53 bits per heavy atom. The largest absolute Gasteiger partial charge is 0.362 e. The van der Waals surface area contributed by atoms with E-state index in [2.05, 4.69) is 20.4 Å². The number of aliphatic imine (C=N–C) groups is 1. The summed E-state index contributed by atoms with van der Waals surface area (Å²) in [4.78, 5) is 8.64. The molecule has 3 rings (SSSR count). The Labute approximate surface area is 104 Å². The smallest absolute Gasteiger partial charge is 0.248 e. The van der Waals surface area contributed by atoms with Crippen molar-refractivity contribution in [3.8, 4) is 0 Å². The second-order valence-corrected chi connectivity index (χ2v) is 5.62. The minimum absolute atomic E-state index is 0.480. The first-order chi connectivity index (χ1) is 8.31. The van der Waals surface area contributed by atoms with E-state index in [9.17, 15) is 0 Å². The Kier molecular flexibility index (Phi) is 3.05. The molecule has 92 valence electrons. The Hall–Kier alpha value is -1.04. The van der Waals surface area contributed by atoms with Crippen molar-refractivity contribution >= 4 is 16.9 Å². The van der Waals surface area contributed by atoms with Crippen molar-refractivity contribution in [2.75, 3.05) is 5.75 Å². The number of nitrogens with zero attached hydrogens (tertiary/aromatic N) is 3. The zero-order valence-electron chi connectivity index (χ0n) is 9.85. The lowest BCUT2D eigenvalue weighted by Gasteiger charge is -2.27. The van der Waals surface area contributed by atoms with E-state index < -0.39 is 0 Å². The summed E-state index contributed by atoms with van der Waals surface area (Å²) >= 11 is 1.81. The molecule has 5 nitrogen and oxygen atoms in total. The van der Waals surface area contributed by atoms with Gasteiger partial charge >= 0.3 is 0 Å². The van der Waals surface area contributed by atoms with Gasteiger partial charge in [0.2, 0.25) is 5.89 Å². The average Bonchev–Trinajstić information content (AvgIpc) is 2.94. The maximum atomic E-state index is 5.04. The summed E-state index contributed by atoms with van der Waals surface area (Å²) in [5, 5.41) is 8.30. The number of amidine groups is 1. The number of thioether (sulfide) groups is 1. The van der Waals surface area contributed by atoms with Gasteiger partial charge in [0.15, 0.2) is 11.0 Å². The number of fused-ring (bicyclic) bond motifs is 1. The topological polar surface area (TPSA) is 63.3 Å². The van der Waals surface area contributed by atoms with Crippen LogP contribution in [0.2, 0.25) is 0 Å². The lowest BCUT2D eigenvalue weighted by Crippen LogP contribution is -2.41. The van der Waals surface area contributed by atoms with Crippen LogP contribution in [0.3, 0.4) is 0 Å². The molecule has 2 fully saturated rings. The third kappa shape index (κ3) is 2.46. The first-order valence-electron chi connectivity index (χ1n) is 6.04. The van der Waals surface area contributed by atoms with Crippen molar-refractivity contribution < 1.29 is 4.52 Å². The predicted octanol–water partition coefficient (Wildman–Crippen LogP) is 1.74. The molecule has 0 aromatic carbocycles. The van der Waals surface area contributed by atoms with E-state index in [0.717, 1.165) is 11.1 Å². The first-order valence-corrected chi connectivity index (χ1v) is 7.03. The number of rotatable bonds is 2. The molecule has 2 aliphatic rings. The van der Waals surface area contributed by atoms with Crippen molar-refractivity contribution in [2.45, 2.75) is 38.8 Å². The predicted molar refractivity (Wildman–Crippen MR) is 66.9 cm³/mol. The maximum Gasteiger partial charge on any atom is 0.248 e. The highest BCUT2D eigenvalue weighted by Crippen LogP contribution is 2.32. The monoisotopic (exact) mass is 252 g/mol. The molecule has 1 aliphatic heterocycles. The number of nitrogens with one attached hydrogen (secondary N) is 1. The van der Waals surface area contributed by atoms with Gasteiger partial charge in [-0.05, 0) is 25.7 Å². The highest BCUT2D eigenvalue weighted by atomic mass is 32.2. The Balaban J connectivity index is 1.61. The highest BCUT2D eigenvalue weighted by Gasteiger charge is 2.31. The van der Waals surface area contributed by atoms with E-state index in [1.165, 1.54) is 25.0 Å². The molecule has 0 amide bonds. The summed E-state index contributed by atoms with van der Waals surface area (Å²) in [5.74, 6) is 3.29. The van der Waals surface area contributed by atoms with Crippen LogP contribution in [0.1, 0.15) is 31.0 Å². The molecule has 0 bridgehead atoms. The van der Waals surface area contributed by atoms with Gasteiger partial charge in [0, 0.05) is 11.8 Å². The van der Waals surface area contributed by atoms with E-state index in [1.807, 2.05) is 18.7 Å². The third-order valence-electron chi connectivity index (χ3n) is 3.33. The van der Waals surface area contributed by atoms with Crippen LogP contribution in [-0.2, 0) is 6.54 Å². The fourth-order valence-electron chi connectivity index (χ4n) is 2.45. The molecular weight excluding hydrogens is 236 g/mol. The molecular formula is C11H16N4OS. The molecule has 2 atom stereocenters. The van der Waals surface area contributed by atoms with E-state index in [4.69, 9.17) is 4.52 Å². The summed E-state index contributed by atoms with van der Waals surface area (Å²) in [6.45, 7) is 2.30. The van der Waals surface area contributed by atoms with Gasteiger partial charge in [-0.25, -0.2) is 0 Å². The fourth-order valence-corrected chi connectivity index (χ4v) is 3.61. The maximum absolute atomic E-state index is 5.04. The standard InChI is InChI=1S/C11H16N4OS/c1-7-13-10(16-15-7)5-12-11-14-9-4-2-3-8(9)6-17-11/h8-9H,2-6H2,1H3,(H,12,14). The zero-order chi connectivity index (χ0) is 11.7. The van der Waals surface area contributed by atoms with Gasteiger partial charge < -0.3 is 9.84 Å². The van der Waals surface area contributed by atoms with Gasteiger partial charge in [0.1, 0.15) is 6.54 Å².